The van der Waals surface area contributed by atoms with Gasteiger partial charge in [-0.3, -0.25) is 9.36 Å². The molecule has 0 unspecified atom stereocenters. The Morgan fingerprint density at radius 3 is 2.63 bits per heavy atom. The Morgan fingerprint density at radius 2 is 1.97 bits per heavy atom. The van der Waals surface area contributed by atoms with Crippen LogP contribution in [0.1, 0.15) is 50.3 Å². The van der Waals surface area contributed by atoms with Crippen molar-refractivity contribution in [3.05, 3.63) is 34.7 Å². The number of halogens is 2. The van der Waals surface area contributed by atoms with Gasteiger partial charge in [-0.15, -0.1) is 0 Å². The first-order valence-corrected chi connectivity index (χ1v) is 12.2. The van der Waals surface area contributed by atoms with Gasteiger partial charge in [0.2, 0.25) is 17.8 Å². The number of aliphatic imine (C=N–C) groups is 2. The highest BCUT2D eigenvalue weighted by atomic mass is 35.5. The zero-order valence-corrected chi connectivity index (χ0v) is 20.5. The normalized spacial score (nSPS) is 21.5. The molecule has 0 spiro atoms. The number of rotatable bonds is 6. The van der Waals surface area contributed by atoms with Crippen LogP contribution in [0.4, 0.5) is 21.8 Å². The van der Waals surface area contributed by atoms with Crippen LogP contribution in [0.3, 0.4) is 0 Å². The second-order valence-electron chi connectivity index (χ2n) is 8.98. The van der Waals surface area contributed by atoms with Crippen LogP contribution < -0.4 is 16.4 Å². The van der Waals surface area contributed by atoms with E-state index in [2.05, 4.69) is 22.3 Å². The van der Waals surface area contributed by atoms with Crippen molar-refractivity contribution >= 4 is 47.6 Å². The van der Waals surface area contributed by atoms with Gasteiger partial charge in [-0.1, -0.05) is 11.6 Å². The lowest BCUT2D eigenvalue weighted by atomic mass is 9.85. The molecule has 4 rings (SSSR count). The predicted molar refractivity (Wildman–Crippen MR) is 136 cm³/mol. The lowest BCUT2D eigenvalue weighted by Crippen LogP contribution is -2.29. The number of benzene rings is 1. The van der Waals surface area contributed by atoms with Crippen LogP contribution in [0.25, 0.3) is 0 Å². The van der Waals surface area contributed by atoms with Crippen molar-refractivity contribution in [2.24, 2.45) is 21.6 Å². The summed E-state index contributed by atoms with van der Waals surface area (Å²) in [6.45, 7) is 6.90. The fourth-order valence-corrected chi connectivity index (χ4v) is 4.84. The standard InChI is InChI=1S/C24H31ClFN7O2/c1-14-22(32-23(28-2)30-17-9-11-35-12-10-17)33(18-6-3-15(4-7-18)21(27)34)24(29-14)31-20-13-16(26)5-8-19(20)25/h5,8,13,15,17-18H,2-4,6-7,9-12H2,1H3,(H2,27,34)(H,29,31)(H,30,32). The summed E-state index contributed by atoms with van der Waals surface area (Å²) in [7, 11) is 0. The molecule has 11 heteroatoms. The first kappa shape index (κ1) is 25.1. The summed E-state index contributed by atoms with van der Waals surface area (Å²) < 4.78 is 21.4. The van der Waals surface area contributed by atoms with E-state index in [1.807, 2.05) is 11.5 Å². The number of anilines is 3. The molecule has 2 aromatic rings. The average Bonchev–Trinajstić information content (AvgIpc) is 3.15. The molecule has 2 aliphatic rings. The van der Waals surface area contributed by atoms with Crippen LogP contribution in [0.15, 0.2) is 28.2 Å². The van der Waals surface area contributed by atoms with E-state index in [-0.39, 0.29) is 23.9 Å². The molecule has 188 valence electrons. The largest absolute Gasteiger partial charge is 0.381 e. The third-order valence-corrected chi connectivity index (χ3v) is 6.93. The van der Waals surface area contributed by atoms with Crippen LogP contribution in [-0.2, 0) is 9.53 Å². The molecule has 0 atom stereocenters. The maximum atomic E-state index is 13.9. The van der Waals surface area contributed by atoms with Gasteiger partial charge in [0.1, 0.15) is 11.6 Å². The van der Waals surface area contributed by atoms with E-state index in [4.69, 9.17) is 32.0 Å². The highest BCUT2D eigenvalue weighted by molar-refractivity contribution is 6.33. The van der Waals surface area contributed by atoms with E-state index in [1.54, 1.807) is 0 Å². The molecule has 1 aromatic carbocycles. The zero-order valence-electron chi connectivity index (χ0n) is 19.8. The summed E-state index contributed by atoms with van der Waals surface area (Å²) in [5.74, 6) is 0.809. The Kier molecular flexibility index (Phi) is 8.02. The quantitative estimate of drug-likeness (QED) is 0.393. The van der Waals surface area contributed by atoms with Gasteiger partial charge in [0.15, 0.2) is 0 Å². The van der Waals surface area contributed by atoms with Gasteiger partial charge in [0, 0.05) is 25.2 Å². The van der Waals surface area contributed by atoms with Crippen LogP contribution in [0.2, 0.25) is 5.02 Å². The van der Waals surface area contributed by atoms with Crippen molar-refractivity contribution in [1.82, 2.24) is 9.55 Å². The van der Waals surface area contributed by atoms with Crippen molar-refractivity contribution in [2.75, 3.05) is 23.8 Å². The molecule has 1 aliphatic heterocycles. The van der Waals surface area contributed by atoms with E-state index in [0.717, 1.165) is 25.7 Å². The van der Waals surface area contributed by atoms with Crippen molar-refractivity contribution in [3.8, 4) is 0 Å². The molecule has 2 heterocycles. The predicted octanol–water partition coefficient (Wildman–Crippen LogP) is 4.59. The molecule has 0 bridgehead atoms. The van der Waals surface area contributed by atoms with Gasteiger partial charge in [-0.2, -0.15) is 0 Å². The number of amides is 1. The van der Waals surface area contributed by atoms with Gasteiger partial charge in [-0.05, 0) is 70.4 Å². The summed E-state index contributed by atoms with van der Waals surface area (Å²) in [5, 5.41) is 6.89. The molecule has 35 heavy (non-hydrogen) atoms. The van der Waals surface area contributed by atoms with Crippen LogP contribution in [0, 0.1) is 18.7 Å². The number of guanidine groups is 1. The molecular weight excluding hydrogens is 473 g/mol. The second-order valence-corrected chi connectivity index (χ2v) is 9.38. The van der Waals surface area contributed by atoms with E-state index in [9.17, 15) is 9.18 Å². The molecule has 0 radical (unpaired) electrons. The fourth-order valence-electron chi connectivity index (χ4n) is 4.68. The second kappa shape index (κ2) is 11.2. The van der Waals surface area contributed by atoms with Crippen LogP contribution in [0.5, 0.6) is 0 Å². The highest BCUT2D eigenvalue weighted by Crippen LogP contribution is 2.39. The average molecular weight is 504 g/mol. The third kappa shape index (κ3) is 5.99. The number of hydrogen-bond acceptors (Lipinski definition) is 5. The topological polar surface area (TPSA) is 119 Å². The number of carbonyl (C=O) groups excluding carboxylic acids is 1. The van der Waals surface area contributed by atoms with Crippen molar-refractivity contribution in [2.45, 2.75) is 57.5 Å². The Morgan fingerprint density at radius 1 is 1.26 bits per heavy atom. The summed E-state index contributed by atoms with van der Waals surface area (Å²) >= 11 is 6.31. The number of imidazole rings is 1. The number of ether oxygens (including phenoxy) is 1. The molecule has 2 fully saturated rings. The van der Waals surface area contributed by atoms with Crippen molar-refractivity contribution in [1.29, 1.82) is 0 Å². The molecule has 9 nitrogen and oxygen atoms in total. The number of aryl methyl sites for hydroxylation is 1. The number of hydrogen-bond donors (Lipinski definition) is 3. The number of aromatic nitrogens is 2. The van der Waals surface area contributed by atoms with Crippen molar-refractivity contribution in [3.63, 3.8) is 0 Å². The minimum Gasteiger partial charge on any atom is -0.381 e. The van der Waals surface area contributed by atoms with E-state index in [0.29, 0.717) is 60.2 Å². The lowest BCUT2D eigenvalue weighted by molar-refractivity contribution is -0.122. The summed E-state index contributed by atoms with van der Waals surface area (Å²) in [6.07, 6.45) is 4.47. The Labute approximate surface area is 209 Å². The fraction of sp³-hybridized carbons (Fsp3) is 0.500. The third-order valence-electron chi connectivity index (χ3n) is 6.60. The Balaban J connectivity index is 1.68. The number of primary amides is 1. The molecule has 1 amide bonds. The van der Waals surface area contributed by atoms with Gasteiger partial charge in [0.25, 0.3) is 0 Å². The van der Waals surface area contributed by atoms with E-state index >= 15 is 0 Å². The first-order chi connectivity index (χ1) is 16.9. The maximum absolute atomic E-state index is 13.9. The first-order valence-electron chi connectivity index (χ1n) is 11.8. The SMILES string of the molecule is C=NC(=NC1CCOCC1)Nc1c(C)nc(Nc2cc(F)ccc2Cl)n1C1CCC(C(N)=O)CC1. The van der Waals surface area contributed by atoms with Crippen molar-refractivity contribution < 1.29 is 13.9 Å². The smallest absolute Gasteiger partial charge is 0.223 e. The summed E-state index contributed by atoms with van der Waals surface area (Å²) in [6, 6.07) is 4.26. The van der Waals surface area contributed by atoms with E-state index in [1.165, 1.54) is 18.2 Å². The number of nitrogens with one attached hydrogen (secondary N) is 2. The Hall–Kier alpha value is -2.98. The monoisotopic (exact) mass is 503 g/mol. The molecule has 1 saturated carbocycles. The van der Waals surface area contributed by atoms with E-state index < -0.39 is 5.82 Å². The maximum Gasteiger partial charge on any atom is 0.223 e. The molecular formula is C24H31ClFN7O2. The summed E-state index contributed by atoms with van der Waals surface area (Å²) in [4.78, 5) is 25.3. The summed E-state index contributed by atoms with van der Waals surface area (Å²) in [5.41, 5.74) is 6.66. The van der Waals surface area contributed by atoms with Gasteiger partial charge < -0.3 is 21.1 Å². The van der Waals surface area contributed by atoms with Gasteiger partial charge in [-0.25, -0.2) is 19.4 Å². The van der Waals surface area contributed by atoms with Gasteiger partial charge >= 0.3 is 0 Å². The molecule has 4 N–H and O–H groups in total. The molecule has 1 aromatic heterocycles. The minimum atomic E-state index is -0.409. The number of carbonyl (C=O) groups is 1. The molecule has 1 aliphatic carbocycles. The number of nitrogens with zero attached hydrogens (tertiary/aromatic N) is 4. The lowest BCUT2D eigenvalue weighted by Gasteiger charge is -2.30. The number of nitrogens with two attached hydrogens (primary N) is 1. The molecule has 1 saturated heterocycles. The van der Waals surface area contributed by atoms with Gasteiger partial charge in [0.05, 0.1) is 22.4 Å². The zero-order chi connectivity index (χ0) is 24.9. The van der Waals surface area contributed by atoms with Crippen LogP contribution >= 0.6 is 11.6 Å². The van der Waals surface area contributed by atoms with Crippen LogP contribution in [-0.4, -0.2) is 47.4 Å². The minimum absolute atomic E-state index is 0.0262. The Bertz CT molecular complexity index is 1110. The highest BCUT2D eigenvalue weighted by Gasteiger charge is 2.30.